The van der Waals surface area contributed by atoms with E-state index in [1.165, 1.54) is 0 Å². The van der Waals surface area contributed by atoms with E-state index in [-0.39, 0.29) is 28.2 Å². The zero-order chi connectivity index (χ0) is 17.4. The first kappa shape index (κ1) is 16.8. The van der Waals surface area contributed by atoms with Crippen LogP contribution < -0.4 is 0 Å². The number of aliphatic hydroxyl groups is 1. The van der Waals surface area contributed by atoms with Gasteiger partial charge in [-0.15, -0.1) is 0 Å². The Morgan fingerprint density at radius 3 is 2.52 bits per heavy atom. The first-order valence-corrected chi connectivity index (χ1v) is 8.55. The summed E-state index contributed by atoms with van der Waals surface area (Å²) in [5.74, 6) is -1.12. The Bertz CT molecular complexity index is 836. The summed E-state index contributed by atoms with van der Waals surface area (Å²) in [7, 11) is -3.66. The highest BCUT2D eigenvalue weighted by Crippen LogP contribution is 2.32. The fourth-order valence-corrected chi connectivity index (χ4v) is 2.99. The van der Waals surface area contributed by atoms with E-state index in [0.29, 0.717) is 12.8 Å². The normalized spacial score (nSPS) is 18.0. The number of rotatable bonds is 3. The second-order valence-corrected chi connectivity index (χ2v) is 7.20. The third-order valence-corrected chi connectivity index (χ3v) is 4.61. The smallest absolute Gasteiger partial charge is 0.281 e. The predicted octanol–water partition coefficient (Wildman–Crippen LogP) is 2.04. The van der Waals surface area contributed by atoms with Gasteiger partial charge in [-0.05, 0) is 25.0 Å². The zero-order valence-electron chi connectivity index (χ0n) is 12.2. The molecule has 0 aliphatic heterocycles. The van der Waals surface area contributed by atoms with Crippen LogP contribution in [0.25, 0.3) is 5.76 Å². The number of carbonyl (C=O) groups is 1. The van der Waals surface area contributed by atoms with Gasteiger partial charge in [-0.25, -0.2) is 8.42 Å². The van der Waals surface area contributed by atoms with Gasteiger partial charge in [-0.1, -0.05) is 0 Å². The number of benzene rings is 1. The van der Waals surface area contributed by atoms with Gasteiger partial charge in [0.15, 0.2) is 15.6 Å². The van der Waals surface area contributed by atoms with Gasteiger partial charge < -0.3 is 10.5 Å². The lowest BCUT2D eigenvalue weighted by atomic mass is 9.89. The van der Waals surface area contributed by atoms with Gasteiger partial charge in [0.1, 0.15) is 5.76 Å². The van der Waals surface area contributed by atoms with Gasteiger partial charge in [0.05, 0.1) is 21.0 Å². The summed E-state index contributed by atoms with van der Waals surface area (Å²) < 4.78 is 23.0. The maximum absolute atomic E-state index is 11.9. The van der Waals surface area contributed by atoms with Crippen LogP contribution in [0.1, 0.15) is 24.8 Å². The van der Waals surface area contributed by atoms with Gasteiger partial charge >= 0.3 is 0 Å². The van der Waals surface area contributed by atoms with Crippen LogP contribution in [0.5, 0.6) is 0 Å². The predicted molar refractivity (Wildman–Crippen MR) is 82.3 cm³/mol. The first-order chi connectivity index (χ1) is 10.6. The summed E-state index contributed by atoms with van der Waals surface area (Å²) >= 11 is 0. The molecule has 1 aliphatic carbocycles. The van der Waals surface area contributed by atoms with E-state index < -0.39 is 32.0 Å². The van der Waals surface area contributed by atoms with Gasteiger partial charge in [0.25, 0.3) is 5.69 Å². The molecule has 9 heteroatoms. The number of nitrogens with one attached hydrogen (secondary N) is 1. The third-order valence-electron chi connectivity index (χ3n) is 3.50. The molecule has 0 saturated heterocycles. The molecule has 0 bridgehead atoms. The van der Waals surface area contributed by atoms with E-state index in [1.807, 2.05) is 0 Å². The van der Waals surface area contributed by atoms with Crippen LogP contribution >= 0.6 is 0 Å². The van der Waals surface area contributed by atoms with Crippen LogP contribution in [0.15, 0.2) is 28.7 Å². The van der Waals surface area contributed by atoms with Crippen molar-refractivity contribution in [3.05, 3.63) is 39.4 Å². The molecular weight excluding hydrogens is 324 g/mol. The second kappa shape index (κ2) is 5.92. The molecule has 1 aliphatic rings. The molecule has 2 rings (SSSR count). The average molecular weight is 338 g/mol. The summed E-state index contributed by atoms with van der Waals surface area (Å²) in [6.45, 7) is 0. The van der Waals surface area contributed by atoms with E-state index in [1.54, 1.807) is 0 Å². The summed E-state index contributed by atoms with van der Waals surface area (Å²) in [5.41, 5.74) is -1.24. The fraction of sp³-hybridized carbons (Fsp3) is 0.286. The topological polar surface area (TPSA) is 138 Å². The van der Waals surface area contributed by atoms with Crippen LogP contribution in [-0.4, -0.2) is 36.2 Å². The van der Waals surface area contributed by atoms with Crippen LogP contribution in [0.4, 0.5) is 5.69 Å². The Kier molecular flexibility index (Phi) is 4.33. The number of nitrogens with zero attached hydrogens (tertiary/aromatic N) is 1. The number of nitro groups is 1. The molecule has 0 radical (unpaired) electrons. The van der Waals surface area contributed by atoms with Gasteiger partial charge in [-0.2, -0.15) is 0 Å². The van der Waals surface area contributed by atoms with Gasteiger partial charge in [0, 0.05) is 24.5 Å². The number of carbonyl (C=O) groups excluding carboxylic acids is 1. The van der Waals surface area contributed by atoms with Crippen molar-refractivity contribution >= 4 is 32.8 Å². The van der Waals surface area contributed by atoms with Gasteiger partial charge in [-0.3, -0.25) is 14.9 Å². The largest absolute Gasteiger partial charge is 0.506 e. The van der Waals surface area contributed by atoms with E-state index in [4.69, 9.17) is 5.41 Å². The lowest BCUT2D eigenvalue weighted by Gasteiger charge is -2.16. The molecule has 8 nitrogen and oxygen atoms in total. The monoisotopic (exact) mass is 338 g/mol. The van der Waals surface area contributed by atoms with E-state index in [9.17, 15) is 28.4 Å². The Labute approximate surface area is 132 Å². The minimum atomic E-state index is -3.66. The highest BCUT2D eigenvalue weighted by molar-refractivity contribution is 7.90. The number of hydrogen-bond donors (Lipinski definition) is 2. The minimum Gasteiger partial charge on any atom is -0.506 e. The number of hydrogen-bond acceptors (Lipinski definition) is 7. The zero-order valence-corrected chi connectivity index (χ0v) is 13.0. The number of allylic oxidation sites excluding steroid dienone is 1. The molecule has 1 saturated carbocycles. The van der Waals surface area contributed by atoms with E-state index >= 15 is 0 Å². The maximum atomic E-state index is 11.9. The van der Waals surface area contributed by atoms with Crippen LogP contribution in [0.3, 0.4) is 0 Å². The SMILES string of the molecule is CS(=O)(=O)c1ccc(C(O)=C2C(=N)CCCC2=O)c([N+](=O)[O-])c1. The Morgan fingerprint density at radius 2 is 2.00 bits per heavy atom. The van der Waals surface area contributed by atoms with Crippen molar-refractivity contribution in [1.82, 2.24) is 0 Å². The Morgan fingerprint density at radius 1 is 1.35 bits per heavy atom. The summed E-state index contributed by atoms with van der Waals surface area (Å²) in [5, 5.41) is 29.2. The molecule has 0 unspecified atom stereocenters. The van der Waals surface area contributed by atoms with Crippen molar-refractivity contribution in [1.29, 1.82) is 5.41 Å². The molecule has 0 amide bonds. The number of sulfone groups is 1. The first-order valence-electron chi connectivity index (χ1n) is 6.66. The number of aliphatic hydroxyl groups excluding tert-OH is 1. The lowest BCUT2D eigenvalue weighted by molar-refractivity contribution is -0.385. The average Bonchev–Trinajstić information content (AvgIpc) is 2.45. The highest BCUT2D eigenvalue weighted by Gasteiger charge is 2.29. The molecule has 0 aromatic heterocycles. The van der Waals surface area contributed by atoms with Crippen molar-refractivity contribution < 1.29 is 23.2 Å². The quantitative estimate of drug-likeness (QED) is 0.374. The standard InChI is InChI=1S/C14H14N2O6S/c1-23(21,22)8-5-6-9(11(7-8)16(19)20)14(18)13-10(15)3-2-4-12(13)17/h5-7,15,18H,2-4H2,1H3. The van der Waals surface area contributed by atoms with E-state index in [2.05, 4.69) is 0 Å². The van der Waals surface area contributed by atoms with Gasteiger partial charge in [0.2, 0.25) is 0 Å². The third kappa shape index (κ3) is 3.29. The van der Waals surface area contributed by atoms with Crippen molar-refractivity contribution in [3.63, 3.8) is 0 Å². The molecule has 1 aromatic carbocycles. The molecule has 1 fully saturated rings. The molecule has 122 valence electrons. The number of nitro benzene ring substituents is 1. The second-order valence-electron chi connectivity index (χ2n) is 5.19. The molecule has 1 aromatic rings. The number of Topliss-reactive ketones (excluding diaryl/α,β-unsaturated/α-hetero) is 1. The molecular formula is C14H14N2O6S. The molecule has 23 heavy (non-hydrogen) atoms. The lowest BCUT2D eigenvalue weighted by Crippen LogP contribution is -2.20. The molecule has 0 heterocycles. The molecule has 0 spiro atoms. The van der Waals surface area contributed by atoms with E-state index in [0.717, 1.165) is 24.5 Å². The van der Waals surface area contributed by atoms with Crippen molar-refractivity contribution in [2.24, 2.45) is 0 Å². The summed E-state index contributed by atoms with van der Waals surface area (Å²) in [4.78, 5) is 22.0. The Hall–Kier alpha value is -2.55. The summed E-state index contributed by atoms with van der Waals surface area (Å²) in [6, 6.07) is 3.02. The fourth-order valence-electron chi connectivity index (χ4n) is 2.35. The number of ketones is 1. The van der Waals surface area contributed by atoms with Crippen molar-refractivity contribution in [2.45, 2.75) is 24.2 Å². The van der Waals surface area contributed by atoms with Crippen LogP contribution in [0.2, 0.25) is 0 Å². The van der Waals surface area contributed by atoms with Crippen molar-refractivity contribution in [2.75, 3.05) is 6.26 Å². The van der Waals surface area contributed by atoms with Crippen LogP contribution in [-0.2, 0) is 14.6 Å². The molecule has 2 N–H and O–H groups in total. The van der Waals surface area contributed by atoms with Crippen molar-refractivity contribution in [3.8, 4) is 0 Å². The summed E-state index contributed by atoms with van der Waals surface area (Å²) in [6.07, 6.45) is 1.84. The maximum Gasteiger partial charge on any atom is 0.281 e. The minimum absolute atomic E-state index is 0.0831. The van der Waals surface area contributed by atoms with Crippen LogP contribution in [0, 0.1) is 15.5 Å². The Balaban J connectivity index is 2.70. The highest BCUT2D eigenvalue weighted by atomic mass is 32.2. The molecule has 0 atom stereocenters.